The van der Waals surface area contributed by atoms with Gasteiger partial charge in [0, 0.05) is 6.42 Å². The molecule has 5 heteroatoms. The first-order valence-corrected chi connectivity index (χ1v) is 11.7. The molecule has 0 saturated heterocycles. The van der Waals surface area contributed by atoms with Gasteiger partial charge in [-0.05, 0) is 43.5 Å². The van der Waals surface area contributed by atoms with Gasteiger partial charge in [-0.25, -0.2) is 8.42 Å². The number of benzene rings is 2. The summed E-state index contributed by atoms with van der Waals surface area (Å²) >= 11 is -0.0566. The van der Waals surface area contributed by atoms with E-state index >= 15 is 0 Å². The molecule has 0 atom stereocenters. The lowest BCUT2D eigenvalue weighted by Crippen LogP contribution is -3.59. The molecule has 2 aromatic carbocycles. The Hall–Kier alpha value is -1.36. The highest BCUT2D eigenvalue weighted by Gasteiger charge is 2.05. The summed E-state index contributed by atoms with van der Waals surface area (Å²) in [6, 6.07) is 16.4. The summed E-state index contributed by atoms with van der Waals surface area (Å²) in [5, 5.41) is 0. The zero-order valence-electron chi connectivity index (χ0n) is 14.5. The SMILES string of the molecule is CCCCCC#C[I+]c1ccccc1.Cc1ccc(S(=O)(=O)[O-])cc1. The summed E-state index contributed by atoms with van der Waals surface area (Å²) in [5.74, 6) is 3.27. The fourth-order valence-electron chi connectivity index (χ4n) is 1.78. The third-order valence-corrected chi connectivity index (χ3v) is 6.01. The maximum Gasteiger partial charge on any atom is 0.419 e. The van der Waals surface area contributed by atoms with Crippen molar-refractivity contribution in [3.63, 3.8) is 0 Å². The van der Waals surface area contributed by atoms with Gasteiger partial charge in [0.05, 0.1) is 4.90 Å². The standard InChI is InChI=1S/C13H16I.C7H8O3S/c1-2-3-4-5-9-12-14-13-10-7-6-8-11-13;1-6-2-4-7(5-3-6)11(8,9)10/h6-8,10-11H,2-5H2,1H3;2-5H,1H3,(H,8,9,10)/q+1;/p-1. The van der Waals surface area contributed by atoms with Crippen molar-refractivity contribution in [2.24, 2.45) is 0 Å². The molecule has 134 valence electrons. The molecule has 0 N–H and O–H groups in total. The Morgan fingerprint density at radius 3 is 2.20 bits per heavy atom. The maximum absolute atomic E-state index is 10.4. The number of hydrogen-bond acceptors (Lipinski definition) is 3. The predicted octanol–water partition coefficient (Wildman–Crippen LogP) is 1.39. The van der Waals surface area contributed by atoms with Crippen molar-refractivity contribution in [3.05, 3.63) is 63.7 Å². The van der Waals surface area contributed by atoms with Crippen LogP contribution in [-0.2, 0) is 10.1 Å². The average Bonchev–Trinajstić information content (AvgIpc) is 2.59. The summed E-state index contributed by atoms with van der Waals surface area (Å²) < 4.78 is 35.9. The third kappa shape index (κ3) is 10.3. The number of rotatable bonds is 5. The predicted molar refractivity (Wildman–Crippen MR) is 96.2 cm³/mol. The maximum atomic E-state index is 10.4. The molecule has 0 spiro atoms. The van der Waals surface area contributed by atoms with Gasteiger partial charge in [0.25, 0.3) is 0 Å². The van der Waals surface area contributed by atoms with E-state index in [1.165, 1.54) is 35.0 Å². The van der Waals surface area contributed by atoms with Crippen LogP contribution in [0.5, 0.6) is 0 Å². The minimum atomic E-state index is -4.27. The molecule has 0 aliphatic rings. The Morgan fingerprint density at radius 2 is 1.64 bits per heavy atom. The van der Waals surface area contributed by atoms with Crippen molar-refractivity contribution < 1.29 is 34.2 Å². The summed E-state index contributed by atoms with van der Waals surface area (Å²) in [4.78, 5) is -0.178. The summed E-state index contributed by atoms with van der Waals surface area (Å²) in [5.41, 5.74) is 0.928. The largest absolute Gasteiger partial charge is 0.744 e. The van der Waals surface area contributed by atoms with Gasteiger partial charge in [-0.15, -0.1) is 0 Å². The van der Waals surface area contributed by atoms with Crippen LogP contribution in [0.3, 0.4) is 0 Å². The van der Waals surface area contributed by atoms with Gasteiger partial charge < -0.3 is 4.55 Å². The zero-order valence-corrected chi connectivity index (χ0v) is 17.5. The molecule has 25 heavy (non-hydrogen) atoms. The fraction of sp³-hybridized carbons (Fsp3) is 0.300. The molecule has 0 amide bonds. The lowest BCUT2D eigenvalue weighted by molar-refractivity contribution is -0.535. The van der Waals surface area contributed by atoms with Crippen molar-refractivity contribution >= 4 is 10.1 Å². The van der Waals surface area contributed by atoms with Crippen LogP contribution >= 0.6 is 0 Å². The van der Waals surface area contributed by atoms with Crippen molar-refractivity contribution in [2.75, 3.05) is 0 Å². The summed E-state index contributed by atoms with van der Waals surface area (Å²) in [6.07, 6.45) is 4.95. The number of aryl methyl sites for hydroxylation is 1. The molecule has 2 aromatic rings. The molecule has 0 aliphatic heterocycles. The normalized spacial score (nSPS) is 10.2. The highest BCUT2D eigenvalue weighted by Crippen LogP contribution is 2.08. The first kappa shape index (κ1) is 21.7. The second-order valence-corrected chi connectivity index (χ2v) is 9.09. The van der Waals surface area contributed by atoms with Gasteiger partial charge in [0.1, 0.15) is 10.1 Å². The second-order valence-electron chi connectivity index (χ2n) is 5.39. The summed E-state index contributed by atoms with van der Waals surface area (Å²) in [7, 11) is -4.27. The number of hydrogen-bond donors (Lipinski definition) is 0. The third-order valence-electron chi connectivity index (χ3n) is 3.17. The van der Waals surface area contributed by atoms with E-state index in [1.54, 1.807) is 12.1 Å². The zero-order chi connectivity index (χ0) is 18.5. The van der Waals surface area contributed by atoms with E-state index in [0.29, 0.717) is 0 Å². The van der Waals surface area contributed by atoms with Gasteiger partial charge in [0.2, 0.25) is 3.57 Å². The molecular weight excluding hydrogens is 447 g/mol. The van der Waals surface area contributed by atoms with E-state index in [1.807, 2.05) is 6.92 Å². The lowest BCUT2D eigenvalue weighted by atomic mass is 10.2. The van der Waals surface area contributed by atoms with Crippen LogP contribution in [0.4, 0.5) is 0 Å². The molecule has 0 aliphatic carbocycles. The molecule has 0 aromatic heterocycles. The topological polar surface area (TPSA) is 57.2 Å². The van der Waals surface area contributed by atoms with Gasteiger partial charge in [-0.2, -0.15) is 0 Å². The fourth-order valence-corrected chi connectivity index (χ4v) is 3.80. The minimum Gasteiger partial charge on any atom is -0.744 e. The van der Waals surface area contributed by atoms with E-state index < -0.39 is 10.1 Å². The number of unbranched alkanes of at least 4 members (excludes halogenated alkanes) is 3. The van der Waals surface area contributed by atoms with E-state index in [9.17, 15) is 13.0 Å². The van der Waals surface area contributed by atoms with Crippen LogP contribution in [0, 0.1) is 20.3 Å². The Balaban J connectivity index is 0.000000257. The van der Waals surface area contributed by atoms with E-state index in [0.717, 1.165) is 12.0 Å². The van der Waals surface area contributed by atoms with Gasteiger partial charge in [-0.3, -0.25) is 0 Å². The van der Waals surface area contributed by atoms with Gasteiger partial charge >= 0.3 is 21.2 Å². The van der Waals surface area contributed by atoms with Crippen LogP contribution in [-0.4, -0.2) is 13.0 Å². The van der Waals surface area contributed by atoms with Crippen LogP contribution in [0.2, 0.25) is 0 Å². The average molecular weight is 470 g/mol. The molecule has 0 radical (unpaired) electrons. The van der Waals surface area contributed by atoms with Crippen molar-refractivity contribution in [1.29, 1.82) is 0 Å². The van der Waals surface area contributed by atoms with Gasteiger partial charge in [-0.1, -0.05) is 55.7 Å². The minimum absolute atomic E-state index is 0.0566. The molecule has 0 heterocycles. The molecule has 0 saturated carbocycles. The molecule has 3 nitrogen and oxygen atoms in total. The monoisotopic (exact) mass is 470 g/mol. The second kappa shape index (κ2) is 12.1. The van der Waals surface area contributed by atoms with Crippen molar-refractivity contribution in [3.8, 4) is 9.85 Å². The smallest absolute Gasteiger partial charge is 0.419 e. The first-order chi connectivity index (χ1) is 11.9. The molecular formula is C20H23IO3S. The summed E-state index contributed by atoms with van der Waals surface area (Å²) in [6.45, 7) is 4.05. The first-order valence-electron chi connectivity index (χ1n) is 8.12. The molecule has 0 fully saturated rings. The Labute approximate surface area is 161 Å². The Kier molecular flexibility index (Phi) is 10.5. The molecule has 0 bridgehead atoms. The molecule has 0 unspecified atom stereocenters. The van der Waals surface area contributed by atoms with Crippen molar-refractivity contribution in [2.45, 2.75) is 44.4 Å². The highest BCUT2D eigenvalue weighted by molar-refractivity contribution is 7.85. The van der Waals surface area contributed by atoms with Crippen LogP contribution in [0.15, 0.2) is 59.5 Å². The Bertz CT molecular complexity index is 773. The molecule has 2 rings (SSSR count). The number of halogens is 1. The quantitative estimate of drug-likeness (QED) is 0.287. The van der Waals surface area contributed by atoms with E-state index in [-0.39, 0.29) is 26.1 Å². The highest BCUT2D eigenvalue weighted by atomic mass is 127. The van der Waals surface area contributed by atoms with Crippen LogP contribution in [0.1, 0.15) is 38.2 Å². The Morgan fingerprint density at radius 1 is 1.00 bits per heavy atom. The lowest BCUT2D eigenvalue weighted by Gasteiger charge is -2.05. The van der Waals surface area contributed by atoms with Gasteiger partial charge in [0.15, 0.2) is 3.93 Å². The van der Waals surface area contributed by atoms with Crippen LogP contribution < -0.4 is 21.2 Å². The van der Waals surface area contributed by atoms with Crippen LogP contribution in [0.25, 0.3) is 0 Å². The van der Waals surface area contributed by atoms with E-state index in [4.69, 9.17) is 0 Å². The van der Waals surface area contributed by atoms with Crippen molar-refractivity contribution in [1.82, 2.24) is 0 Å². The van der Waals surface area contributed by atoms with E-state index in [2.05, 4.69) is 47.1 Å².